The van der Waals surface area contributed by atoms with Gasteiger partial charge in [-0.2, -0.15) is 0 Å². The second kappa shape index (κ2) is 6.95. The molecule has 1 aliphatic rings. The van der Waals surface area contributed by atoms with Gasteiger partial charge in [-0.15, -0.1) is 0 Å². The largest absolute Gasteiger partial charge is 0.481 e. The average Bonchev–Trinajstić information content (AvgIpc) is 2.53. The molecule has 0 bridgehead atoms. The van der Waals surface area contributed by atoms with Gasteiger partial charge in [-0.25, -0.2) is 0 Å². The molecule has 22 heavy (non-hydrogen) atoms. The lowest BCUT2D eigenvalue weighted by Crippen LogP contribution is -2.44. The van der Waals surface area contributed by atoms with E-state index in [9.17, 15) is 14.7 Å². The second-order valence-corrected chi connectivity index (χ2v) is 6.17. The maximum atomic E-state index is 12.8. The first kappa shape index (κ1) is 16.5. The molecule has 0 saturated carbocycles. The number of rotatable bonds is 5. The second-order valence-electron chi connectivity index (χ2n) is 6.17. The summed E-state index contributed by atoms with van der Waals surface area (Å²) in [5, 5.41) is 9.49. The zero-order chi connectivity index (χ0) is 16.3. The minimum atomic E-state index is -0.861. The molecule has 0 radical (unpaired) electrons. The van der Waals surface area contributed by atoms with Crippen molar-refractivity contribution in [3.63, 3.8) is 0 Å². The van der Waals surface area contributed by atoms with Crippen LogP contribution in [0.2, 0.25) is 0 Å². The Morgan fingerprint density at radius 3 is 2.50 bits per heavy atom. The lowest BCUT2D eigenvalue weighted by Gasteiger charge is -2.35. The van der Waals surface area contributed by atoms with Gasteiger partial charge in [0.2, 0.25) is 5.91 Å². The topological polar surface area (TPSA) is 57.6 Å². The van der Waals surface area contributed by atoms with E-state index in [4.69, 9.17) is 0 Å². The van der Waals surface area contributed by atoms with Crippen LogP contribution in [-0.2, 0) is 16.1 Å². The molecule has 2 atom stereocenters. The first-order chi connectivity index (χ1) is 10.5. The Balaban J connectivity index is 2.24. The van der Waals surface area contributed by atoms with Crippen LogP contribution in [-0.4, -0.2) is 28.4 Å². The van der Waals surface area contributed by atoms with E-state index in [1.54, 1.807) is 4.90 Å². The molecule has 4 heteroatoms. The third kappa shape index (κ3) is 3.16. The van der Waals surface area contributed by atoms with Crippen LogP contribution in [0.15, 0.2) is 24.3 Å². The predicted molar refractivity (Wildman–Crippen MR) is 85.5 cm³/mol. The van der Waals surface area contributed by atoms with E-state index < -0.39 is 11.9 Å². The fourth-order valence-electron chi connectivity index (χ4n) is 3.47. The van der Waals surface area contributed by atoms with Crippen LogP contribution in [0.4, 0.5) is 0 Å². The van der Waals surface area contributed by atoms with Gasteiger partial charge in [0.25, 0.3) is 0 Å². The molecule has 120 valence electrons. The molecule has 2 rings (SSSR count). The van der Waals surface area contributed by atoms with Crippen molar-refractivity contribution in [1.29, 1.82) is 0 Å². The molecule has 1 aromatic carbocycles. The number of aliphatic carboxylic acids is 1. The SMILES string of the molecule is CCC(CC)C(C)C(=O)N1Cc2ccccc2C(C(=O)O)C1. The predicted octanol–water partition coefficient (Wildman–Crippen LogP) is 3.27. The summed E-state index contributed by atoms with van der Waals surface area (Å²) >= 11 is 0. The summed E-state index contributed by atoms with van der Waals surface area (Å²) in [6.07, 6.45) is 1.94. The van der Waals surface area contributed by atoms with Crippen molar-refractivity contribution in [2.45, 2.75) is 46.1 Å². The fraction of sp³-hybridized carbons (Fsp3) is 0.556. The number of carboxylic acids is 1. The standard InChI is InChI=1S/C18H25NO3/c1-4-13(5-2)12(3)17(20)19-10-14-8-6-7-9-15(14)16(11-19)18(21)22/h6-9,12-13,16H,4-5,10-11H2,1-3H3,(H,21,22). The van der Waals surface area contributed by atoms with Gasteiger partial charge in [0.15, 0.2) is 0 Å². The molecule has 1 N–H and O–H groups in total. The highest BCUT2D eigenvalue weighted by atomic mass is 16.4. The van der Waals surface area contributed by atoms with Crippen LogP contribution in [0.3, 0.4) is 0 Å². The molecular weight excluding hydrogens is 278 g/mol. The molecule has 1 heterocycles. The van der Waals surface area contributed by atoms with E-state index in [0.717, 1.165) is 24.0 Å². The van der Waals surface area contributed by atoms with Gasteiger partial charge in [0.1, 0.15) is 0 Å². The number of hydrogen-bond donors (Lipinski definition) is 1. The maximum Gasteiger partial charge on any atom is 0.312 e. The molecule has 1 aromatic rings. The Morgan fingerprint density at radius 1 is 1.27 bits per heavy atom. The number of carbonyl (C=O) groups is 2. The summed E-state index contributed by atoms with van der Waals surface area (Å²) in [6, 6.07) is 7.54. The monoisotopic (exact) mass is 303 g/mol. The van der Waals surface area contributed by atoms with Gasteiger partial charge in [-0.1, -0.05) is 57.9 Å². The number of benzene rings is 1. The van der Waals surface area contributed by atoms with Gasteiger partial charge < -0.3 is 10.0 Å². The Labute approximate surface area is 132 Å². The van der Waals surface area contributed by atoms with Crippen LogP contribution in [0.1, 0.15) is 50.7 Å². The van der Waals surface area contributed by atoms with Crippen LogP contribution in [0.5, 0.6) is 0 Å². The Hall–Kier alpha value is -1.84. The summed E-state index contributed by atoms with van der Waals surface area (Å²) in [7, 11) is 0. The zero-order valence-corrected chi connectivity index (χ0v) is 13.6. The number of carbonyl (C=O) groups excluding carboxylic acids is 1. The number of amides is 1. The van der Waals surface area contributed by atoms with Gasteiger partial charge >= 0.3 is 5.97 Å². The molecule has 0 spiro atoms. The third-order valence-electron chi connectivity index (χ3n) is 4.95. The molecule has 2 unspecified atom stereocenters. The molecule has 0 aliphatic carbocycles. The summed E-state index contributed by atoms with van der Waals surface area (Å²) in [6.45, 7) is 6.96. The van der Waals surface area contributed by atoms with Crippen molar-refractivity contribution in [2.75, 3.05) is 6.54 Å². The molecule has 4 nitrogen and oxygen atoms in total. The fourth-order valence-corrected chi connectivity index (χ4v) is 3.47. The summed E-state index contributed by atoms with van der Waals surface area (Å²) < 4.78 is 0. The summed E-state index contributed by atoms with van der Waals surface area (Å²) in [5.74, 6) is -1.11. The lowest BCUT2D eigenvalue weighted by atomic mass is 9.85. The van der Waals surface area contributed by atoms with Crippen LogP contribution in [0.25, 0.3) is 0 Å². The van der Waals surface area contributed by atoms with Crippen LogP contribution in [0, 0.1) is 11.8 Å². The first-order valence-electron chi connectivity index (χ1n) is 8.08. The quantitative estimate of drug-likeness (QED) is 0.908. The van der Waals surface area contributed by atoms with Gasteiger partial charge in [0, 0.05) is 19.0 Å². The Bertz CT molecular complexity index is 551. The molecule has 0 fully saturated rings. The van der Waals surface area contributed by atoms with Crippen LogP contribution >= 0.6 is 0 Å². The smallest absolute Gasteiger partial charge is 0.312 e. The van der Waals surface area contributed by atoms with E-state index in [1.807, 2.05) is 31.2 Å². The van der Waals surface area contributed by atoms with Crippen molar-refractivity contribution >= 4 is 11.9 Å². The highest BCUT2D eigenvalue weighted by molar-refractivity contribution is 5.82. The van der Waals surface area contributed by atoms with E-state index in [2.05, 4.69) is 13.8 Å². The van der Waals surface area contributed by atoms with E-state index >= 15 is 0 Å². The zero-order valence-electron chi connectivity index (χ0n) is 13.6. The molecule has 1 amide bonds. The van der Waals surface area contributed by atoms with Crippen molar-refractivity contribution in [3.05, 3.63) is 35.4 Å². The first-order valence-corrected chi connectivity index (χ1v) is 8.08. The van der Waals surface area contributed by atoms with E-state index in [0.29, 0.717) is 12.5 Å². The molecule has 0 saturated heterocycles. The minimum absolute atomic E-state index is 0.0605. The number of hydrogen-bond acceptors (Lipinski definition) is 2. The van der Waals surface area contributed by atoms with Gasteiger partial charge in [0.05, 0.1) is 5.92 Å². The van der Waals surface area contributed by atoms with Gasteiger partial charge in [-0.05, 0) is 17.0 Å². The van der Waals surface area contributed by atoms with Crippen molar-refractivity contribution < 1.29 is 14.7 Å². The number of fused-ring (bicyclic) bond motifs is 1. The highest BCUT2D eigenvalue weighted by Gasteiger charge is 2.35. The Kier molecular flexibility index (Phi) is 5.22. The maximum absolute atomic E-state index is 12.8. The number of carboxylic acid groups (broad SMARTS) is 1. The third-order valence-corrected chi connectivity index (χ3v) is 4.95. The molecule has 0 aromatic heterocycles. The number of nitrogens with zero attached hydrogens (tertiary/aromatic N) is 1. The average molecular weight is 303 g/mol. The van der Waals surface area contributed by atoms with E-state index in [1.165, 1.54) is 0 Å². The van der Waals surface area contributed by atoms with E-state index in [-0.39, 0.29) is 18.4 Å². The molecule has 1 aliphatic heterocycles. The minimum Gasteiger partial charge on any atom is -0.481 e. The van der Waals surface area contributed by atoms with Gasteiger partial charge in [-0.3, -0.25) is 9.59 Å². The van der Waals surface area contributed by atoms with Crippen molar-refractivity contribution in [3.8, 4) is 0 Å². The lowest BCUT2D eigenvalue weighted by molar-refractivity contribution is -0.143. The summed E-state index contributed by atoms with van der Waals surface area (Å²) in [5.41, 5.74) is 1.79. The molecular formula is C18H25NO3. The Morgan fingerprint density at radius 2 is 1.91 bits per heavy atom. The van der Waals surface area contributed by atoms with Crippen molar-refractivity contribution in [2.24, 2.45) is 11.8 Å². The highest BCUT2D eigenvalue weighted by Crippen LogP contribution is 2.31. The van der Waals surface area contributed by atoms with Crippen molar-refractivity contribution in [1.82, 2.24) is 4.90 Å². The summed E-state index contributed by atoms with van der Waals surface area (Å²) in [4.78, 5) is 26.1. The normalized spacial score (nSPS) is 18.9. The van der Waals surface area contributed by atoms with Crippen LogP contribution < -0.4 is 0 Å².